The van der Waals surface area contributed by atoms with Crippen LogP contribution < -0.4 is 20.3 Å². The van der Waals surface area contributed by atoms with Crippen LogP contribution in [0.5, 0.6) is 11.5 Å². The first-order valence-electron chi connectivity index (χ1n) is 8.04. The molecule has 0 spiro atoms. The normalized spacial score (nSPS) is 10.0. The van der Waals surface area contributed by atoms with E-state index in [0.717, 1.165) is 29.8 Å². The van der Waals surface area contributed by atoms with Crippen molar-refractivity contribution in [2.24, 2.45) is 0 Å². The highest BCUT2D eigenvalue weighted by molar-refractivity contribution is 5.47. The third-order valence-corrected chi connectivity index (χ3v) is 3.50. The van der Waals surface area contributed by atoms with Crippen molar-refractivity contribution in [1.82, 2.24) is 5.43 Å². The van der Waals surface area contributed by atoms with Crippen LogP contribution in [0.15, 0.2) is 48.5 Å². The van der Waals surface area contributed by atoms with Gasteiger partial charge in [0, 0.05) is 24.2 Å². The predicted octanol–water partition coefficient (Wildman–Crippen LogP) is 3.88. The number of ether oxygens (including phenoxy) is 2. The molecule has 0 radical (unpaired) electrons. The molecule has 126 valence electrons. The lowest BCUT2D eigenvalue weighted by atomic mass is 10.2. The van der Waals surface area contributed by atoms with Gasteiger partial charge in [0.2, 0.25) is 0 Å². The van der Waals surface area contributed by atoms with Crippen molar-refractivity contribution >= 4 is 5.69 Å². The van der Waals surface area contributed by atoms with Crippen LogP contribution in [0, 0.1) is 11.3 Å². The van der Waals surface area contributed by atoms with E-state index in [1.54, 1.807) is 7.11 Å². The van der Waals surface area contributed by atoms with E-state index in [1.165, 1.54) is 0 Å². The highest BCUT2D eigenvalue weighted by Gasteiger charge is 2.10. The Labute approximate surface area is 143 Å². The molecule has 0 amide bonds. The summed E-state index contributed by atoms with van der Waals surface area (Å²) in [5.74, 6) is 1.47. The molecule has 0 atom stereocenters. The van der Waals surface area contributed by atoms with Gasteiger partial charge in [-0.05, 0) is 31.0 Å². The Morgan fingerprint density at radius 2 is 1.88 bits per heavy atom. The Hall–Kier alpha value is -2.71. The molecule has 0 saturated carbocycles. The minimum atomic E-state index is 0.560. The molecule has 0 aliphatic heterocycles. The Balaban J connectivity index is 1.93. The molecule has 2 N–H and O–H groups in total. The number of hydrazine groups is 1. The van der Waals surface area contributed by atoms with Crippen molar-refractivity contribution in [3.05, 3.63) is 54.1 Å². The number of nitrogens with one attached hydrogen (secondary N) is 2. The SMILES string of the molecule is COc1cccc(CNNc2ccccc2)c1OCCCCC#N. The first-order valence-corrected chi connectivity index (χ1v) is 8.04. The van der Waals surface area contributed by atoms with E-state index in [1.807, 2.05) is 48.5 Å². The topological polar surface area (TPSA) is 66.3 Å². The van der Waals surface area contributed by atoms with Gasteiger partial charge in [0.1, 0.15) is 0 Å². The number of nitrogens with zero attached hydrogens (tertiary/aromatic N) is 1. The van der Waals surface area contributed by atoms with Gasteiger partial charge in [-0.15, -0.1) is 0 Å². The molecular weight excluding hydrogens is 302 g/mol. The number of nitriles is 1. The molecule has 5 nitrogen and oxygen atoms in total. The lowest BCUT2D eigenvalue weighted by Gasteiger charge is -2.16. The van der Waals surface area contributed by atoms with Crippen LogP contribution in [-0.4, -0.2) is 13.7 Å². The molecular formula is C19H23N3O2. The highest BCUT2D eigenvalue weighted by atomic mass is 16.5. The maximum atomic E-state index is 8.57. The van der Waals surface area contributed by atoms with Gasteiger partial charge in [0.25, 0.3) is 0 Å². The fourth-order valence-electron chi connectivity index (χ4n) is 2.27. The van der Waals surface area contributed by atoms with Crippen molar-refractivity contribution < 1.29 is 9.47 Å². The van der Waals surface area contributed by atoms with Crippen LogP contribution in [0.1, 0.15) is 24.8 Å². The van der Waals surface area contributed by atoms with Gasteiger partial charge in [0.15, 0.2) is 11.5 Å². The van der Waals surface area contributed by atoms with Gasteiger partial charge in [-0.3, -0.25) is 0 Å². The highest BCUT2D eigenvalue weighted by Crippen LogP contribution is 2.31. The second-order valence-corrected chi connectivity index (χ2v) is 5.26. The van der Waals surface area contributed by atoms with Gasteiger partial charge in [-0.1, -0.05) is 30.3 Å². The number of unbranched alkanes of at least 4 members (excludes halogenated alkanes) is 2. The van der Waals surface area contributed by atoms with Crippen LogP contribution >= 0.6 is 0 Å². The second-order valence-electron chi connectivity index (χ2n) is 5.26. The second kappa shape index (κ2) is 10.1. The third kappa shape index (κ3) is 5.49. The Kier molecular flexibility index (Phi) is 7.45. The molecule has 2 aromatic carbocycles. The van der Waals surface area contributed by atoms with Crippen molar-refractivity contribution in [3.8, 4) is 17.6 Å². The molecule has 2 aromatic rings. The molecule has 0 fully saturated rings. The summed E-state index contributed by atoms with van der Waals surface area (Å²) >= 11 is 0. The number of hydrogen-bond acceptors (Lipinski definition) is 5. The number of para-hydroxylation sites is 2. The lowest BCUT2D eigenvalue weighted by Crippen LogP contribution is -2.21. The number of anilines is 1. The smallest absolute Gasteiger partial charge is 0.165 e. The Morgan fingerprint density at radius 1 is 1.04 bits per heavy atom. The standard InChI is InChI=1S/C19H23N3O2/c1-23-18-12-8-9-16(19(18)24-14-7-3-6-13-20)15-21-22-17-10-4-2-5-11-17/h2,4-5,8-12,21-22H,3,6-7,14-15H2,1H3. The molecule has 0 aliphatic rings. The summed E-state index contributed by atoms with van der Waals surface area (Å²) in [4.78, 5) is 0. The van der Waals surface area contributed by atoms with E-state index in [4.69, 9.17) is 14.7 Å². The van der Waals surface area contributed by atoms with E-state index >= 15 is 0 Å². The summed E-state index contributed by atoms with van der Waals surface area (Å²) in [6.07, 6.45) is 2.25. The number of benzene rings is 2. The largest absolute Gasteiger partial charge is 0.493 e. The lowest BCUT2D eigenvalue weighted by molar-refractivity contribution is 0.283. The average molecular weight is 325 g/mol. The van der Waals surface area contributed by atoms with Crippen molar-refractivity contribution in [2.75, 3.05) is 19.1 Å². The molecule has 0 heterocycles. The molecule has 0 saturated heterocycles. The first kappa shape index (κ1) is 17.6. The Morgan fingerprint density at radius 3 is 2.62 bits per heavy atom. The maximum absolute atomic E-state index is 8.57. The molecule has 5 heteroatoms. The monoisotopic (exact) mass is 325 g/mol. The van der Waals surface area contributed by atoms with E-state index in [2.05, 4.69) is 16.9 Å². The summed E-state index contributed by atoms with van der Waals surface area (Å²) in [6, 6.07) is 17.9. The number of rotatable bonds is 10. The van der Waals surface area contributed by atoms with Crippen LogP contribution in [-0.2, 0) is 6.54 Å². The summed E-state index contributed by atoms with van der Waals surface area (Å²) < 4.78 is 11.3. The molecule has 0 bridgehead atoms. The maximum Gasteiger partial charge on any atom is 0.165 e. The summed E-state index contributed by atoms with van der Waals surface area (Å²) in [7, 11) is 1.64. The number of methoxy groups -OCH3 is 1. The predicted molar refractivity (Wildman–Crippen MR) is 94.9 cm³/mol. The number of hydrogen-bond donors (Lipinski definition) is 2. The van der Waals surface area contributed by atoms with Crippen LogP contribution in [0.2, 0.25) is 0 Å². The quantitative estimate of drug-likeness (QED) is 0.512. The zero-order valence-electron chi connectivity index (χ0n) is 13.9. The van der Waals surface area contributed by atoms with Crippen LogP contribution in [0.25, 0.3) is 0 Å². The zero-order chi connectivity index (χ0) is 17.0. The molecule has 0 aliphatic carbocycles. The molecule has 0 aromatic heterocycles. The third-order valence-electron chi connectivity index (χ3n) is 3.50. The summed E-state index contributed by atoms with van der Waals surface area (Å²) in [5.41, 5.74) is 8.36. The van der Waals surface area contributed by atoms with Crippen molar-refractivity contribution in [2.45, 2.75) is 25.8 Å². The van der Waals surface area contributed by atoms with Crippen molar-refractivity contribution in [3.63, 3.8) is 0 Å². The van der Waals surface area contributed by atoms with Crippen LogP contribution in [0.4, 0.5) is 5.69 Å². The van der Waals surface area contributed by atoms with Gasteiger partial charge in [-0.2, -0.15) is 5.26 Å². The minimum Gasteiger partial charge on any atom is -0.493 e. The molecule has 24 heavy (non-hydrogen) atoms. The first-order chi connectivity index (χ1) is 11.8. The summed E-state index contributed by atoms with van der Waals surface area (Å²) in [6.45, 7) is 1.17. The van der Waals surface area contributed by atoms with Crippen LogP contribution in [0.3, 0.4) is 0 Å². The Bertz CT molecular complexity index is 653. The van der Waals surface area contributed by atoms with E-state index in [9.17, 15) is 0 Å². The van der Waals surface area contributed by atoms with Crippen molar-refractivity contribution in [1.29, 1.82) is 5.26 Å². The summed E-state index contributed by atoms with van der Waals surface area (Å²) in [5, 5.41) is 8.57. The van der Waals surface area contributed by atoms with Gasteiger partial charge >= 0.3 is 0 Å². The minimum absolute atomic E-state index is 0.560. The van der Waals surface area contributed by atoms with E-state index in [0.29, 0.717) is 25.3 Å². The molecule has 2 rings (SSSR count). The molecule has 0 unspecified atom stereocenters. The zero-order valence-corrected chi connectivity index (χ0v) is 13.9. The van der Waals surface area contributed by atoms with E-state index in [-0.39, 0.29) is 0 Å². The van der Waals surface area contributed by atoms with Gasteiger partial charge in [-0.25, -0.2) is 5.43 Å². The van der Waals surface area contributed by atoms with E-state index < -0.39 is 0 Å². The van der Waals surface area contributed by atoms with Gasteiger partial charge in [0.05, 0.1) is 19.8 Å². The fraction of sp³-hybridized carbons (Fsp3) is 0.316. The van der Waals surface area contributed by atoms with Gasteiger partial charge < -0.3 is 14.9 Å². The average Bonchev–Trinajstić information content (AvgIpc) is 2.63. The fourth-order valence-corrected chi connectivity index (χ4v) is 2.27.